The molecule has 2 amide bonds. The Labute approximate surface area is 188 Å². The van der Waals surface area contributed by atoms with Gasteiger partial charge in [-0.05, 0) is 74.7 Å². The van der Waals surface area contributed by atoms with Crippen molar-refractivity contribution in [3.8, 4) is 0 Å². The largest absolute Gasteiger partial charge is 0.325 e. The zero-order valence-corrected chi connectivity index (χ0v) is 19.2. The summed E-state index contributed by atoms with van der Waals surface area (Å²) in [4.78, 5) is 26.3. The quantitative estimate of drug-likeness (QED) is 0.426. The minimum absolute atomic E-state index is 0.0182. The van der Waals surface area contributed by atoms with Crippen LogP contribution in [0.3, 0.4) is 0 Å². The molecule has 1 atom stereocenters. The van der Waals surface area contributed by atoms with E-state index in [-0.39, 0.29) is 17.1 Å². The van der Waals surface area contributed by atoms with Crippen molar-refractivity contribution < 1.29 is 9.59 Å². The van der Waals surface area contributed by atoms with E-state index in [2.05, 4.69) is 10.6 Å². The lowest BCUT2D eigenvalue weighted by molar-refractivity contribution is -0.115. The van der Waals surface area contributed by atoms with Crippen LogP contribution in [-0.2, 0) is 4.79 Å². The molecule has 1 unspecified atom stereocenters. The molecule has 0 aromatic heterocycles. The molecular formula is C26H28N2O2S. The first-order valence-corrected chi connectivity index (χ1v) is 11.3. The number of carbonyl (C=O) groups excluding carboxylic acids is 2. The van der Waals surface area contributed by atoms with E-state index in [0.717, 1.165) is 27.3 Å². The molecule has 0 aliphatic heterocycles. The molecule has 3 rings (SSSR count). The molecule has 3 aromatic carbocycles. The second-order valence-electron chi connectivity index (χ2n) is 7.60. The second-order valence-corrected chi connectivity index (χ2v) is 8.88. The van der Waals surface area contributed by atoms with Crippen LogP contribution in [0.2, 0.25) is 0 Å². The van der Waals surface area contributed by atoms with Crippen LogP contribution < -0.4 is 10.6 Å². The number of benzene rings is 3. The van der Waals surface area contributed by atoms with E-state index in [1.807, 2.05) is 94.4 Å². The Morgan fingerprint density at radius 1 is 0.903 bits per heavy atom. The Morgan fingerprint density at radius 2 is 1.61 bits per heavy atom. The molecule has 0 bridgehead atoms. The molecule has 3 aromatic rings. The van der Waals surface area contributed by atoms with Gasteiger partial charge in [0.25, 0.3) is 5.91 Å². The molecule has 160 valence electrons. The highest BCUT2D eigenvalue weighted by Gasteiger charge is 2.19. The molecule has 0 aliphatic rings. The summed E-state index contributed by atoms with van der Waals surface area (Å²) in [5.41, 5.74) is 5.51. The molecule has 0 saturated heterocycles. The van der Waals surface area contributed by atoms with Gasteiger partial charge < -0.3 is 10.6 Å². The normalized spacial score (nSPS) is 11.6. The Morgan fingerprint density at radius 3 is 2.32 bits per heavy atom. The number of anilines is 2. The fourth-order valence-corrected chi connectivity index (χ4v) is 4.15. The first-order valence-electron chi connectivity index (χ1n) is 10.4. The van der Waals surface area contributed by atoms with Crippen molar-refractivity contribution in [3.05, 3.63) is 89.0 Å². The van der Waals surface area contributed by atoms with E-state index >= 15 is 0 Å². The maximum atomic E-state index is 12.9. The SMILES string of the molecule is CCC(Sc1cccc(NC(=O)c2ccc(C)cc2)c1)C(=O)Nc1cccc(C)c1C. The zero-order chi connectivity index (χ0) is 22.4. The second kappa shape index (κ2) is 10.3. The number of hydrogen-bond donors (Lipinski definition) is 2. The maximum Gasteiger partial charge on any atom is 0.255 e. The number of thioether (sulfide) groups is 1. The molecule has 4 nitrogen and oxygen atoms in total. The van der Waals surface area contributed by atoms with Crippen LogP contribution >= 0.6 is 11.8 Å². The number of amides is 2. The first kappa shape index (κ1) is 22.6. The highest BCUT2D eigenvalue weighted by molar-refractivity contribution is 8.00. The van der Waals surface area contributed by atoms with E-state index in [4.69, 9.17) is 0 Å². The van der Waals surface area contributed by atoms with Crippen LogP contribution in [0.1, 0.15) is 40.4 Å². The molecule has 31 heavy (non-hydrogen) atoms. The molecular weight excluding hydrogens is 404 g/mol. The first-order chi connectivity index (χ1) is 14.9. The third-order valence-electron chi connectivity index (χ3n) is 5.21. The van der Waals surface area contributed by atoms with Gasteiger partial charge in [0.15, 0.2) is 0 Å². The summed E-state index contributed by atoms with van der Waals surface area (Å²) >= 11 is 1.50. The summed E-state index contributed by atoms with van der Waals surface area (Å²) in [6, 6.07) is 21.0. The van der Waals surface area contributed by atoms with Crippen LogP contribution in [0, 0.1) is 20.8 Å². The monoisotopic (exact) mass is 432 g/mol. The Hall–Kier alpha value is -3.05. The van der Waals surface area contributed by atoms with Crippen molar-refractivity contribution in [2.24, 2.45) is 0 Å². The number of nitrogens with one attached hydrogen (secondary N) is 2. The van der Waals surface area contributed by atoms with Gasteiger partial charge in [0.05, 0.1) is 5.25 Å². The van der Waals surface area contributed by atoms with Gasteiger partial charge in [-0.2, -0.15) is 0 Å². The average Bonchev–Trinajstić information content (AvgIpc) is 2.76. The number of rotatable bonds is 7. The predicted octanol–water partition coefficient (Wildman–Crippen LogP) is 6.37. The maximum absolute atomic E-state index is 12.9. The lowest BCUT2D eigenvalue weighted by atomic mass is 10.1. The van der Waals surface area contributed by atoms with Crippen LogP contribution in [-0.4, -0.2) is 17.1 Å². The van der Waals surface area contributed by atoms with Crippen molar-refractivity contribution in [2.75, 3.05) is 10.6 Å². The summed E-state index contributed by atoms with van der Waals surface area (Å²) in [7, 11) is 0. The van der Waals surface area contributed by atoms with Gasteiger partial charge in [-0.3, -0.25) is 9.59 Å². The van der Waals surface area contributed by atoms with Gasteiger partial charge in [-0.1, -0.05) is 42.8 Å². The summed E-state index contributed by atoms with van der Waals surface area (Å²) in [5, 5.41) is 5.77. The molecule has 0 aliphatic carbocycles. The Kier molecular flexibility index (Phi) is 7.53. The summed E-state index contributed by atoms with van der Waals surface area (Å²) < 4.78 is 0. The lowest BCUT2D eigenvalue weighted by Gasteiger charge is -2.17. The third-order valence-corrected chi connectivity index (χ3v) is 6.57. The van der Waals surface area contributed by atoms with Gasteiger partial charge in [0.1, 0.15) is 0 Å². The molecule has 2 N–H and O–H groups in total. The average molecular weight is 433 g/mol. The standard InChI is InChI=1S/C26H28N2O2S/c1-5-24(26(30)28-23-11-6-8-18(3)19(23)4)31-22-10-7-9-21(16-22)27-25(29)20-14-12-17(2)13-15-20/h6-16,24H,5H2,1-4H3,(H,27,29)(H,28,30). The van der Waals surface area contributed by atoms with Gasteiger partial charge in [0.2, 0.25) is 5.91 Å². The summed E-state index contributed by atoms with van der Waals surface area (Å²) in [5.74, 6) is -0.169. The molecule has 5 heteroatoms. The number of hydrogen-bond acceptors (Lipinski definition) is 3. The van der Waals surface area contributed by atoms with Crippen LogP contribution in [0.5, 0.6) is 0 Å². The molecule has 0 radical (unpaired) electrons. The zero-order valence-electron chi connectivity index (χ0n) is 18.4. The van der Waals surface area contributed by atoms with Gasteiger partial charge in [0, 0.05) is 21.8 Å². The fourth-order valence-electron chi connectivity index (χ4n) is 3.14. The topological polar surface area (TPSA) is 58.2 Å². The van der Waals surface area contributed by atoms with E-state index in [1.165, 1.54) is 11.8 Å². The Bertz CT molecular complexity index is 1080. The van der Waals surface area contributed by atoms with Crippen molar-refractivity contribution in [3.63, 3.8) is 0 Å². The van der Waals surface area contributed by atoms with E-state index < -0.39 is 0 Å². The third kappa shape index (κ3) is 5.98. The fraction of sp³-hybridized carbons (Fsp3) is 0.231. The Balaban J connectivity index is 1.68. The highest BCUT2D eigenvalue weighted by Crippen LogP contribution is 2.29. The minimum atomic E-state index is -0.233. The molecule has 0 fully saturated rings. The summed E-state index contributed by atoms with van der Waals surface area (Å²) in [6.45, 7) is 8.04. The van der Waals surface area contributed by atoms with Crippen molar-refractivity contribution in [1.82, 2.24) is 0 Å². The predicted molar refractivity (Wildman–Crippen MR) is 130 cm³/mol. The van der Waals surface area contributed by atoms with Crippen LogP contribution in [0.15, 0.2) is 71.6 Å². The van der Waals surface area contributed by atoms with E-state index in [0.29, 0.717) is 17.7 Å². The molecule has 0 heterocycles. The highest BCUT2D eigenvalue weighted by atomic mass is 32.2. The van der Waals surface area contributed by atoms with Crippen molar-refractivity contribution in [2.45, 2.75) is 44.3 Å². The molecule has 0 spiro atoms. The van der Waals surface area contributed by atoms with E-state index in [9.17, 15) is 9.59 Å². The van der Waals surface area contributed by atoms with Gasteiger partial charge in [-0.15, -0.1) is 11.8 Å². The van der Waals surface area contributed by atoms with Gasteiger partial charge in [-0.25, -0.2) is 0 Å². The number of carbonyl (C=O) groups is 2. The van der Waals surface area contributed by atoms with E-state index in [1.54, 1.807) is 0 Å². The smallest absolute Gasteiger partial charge is 0.255 e. The van der Waals surface area contributed by atoms with Crippen molar-refractivity contribution in [1.29, 1.82) is 0 Å². The minimum Gasteiger partial charge on any atom is -0.325 e. The summed E-state index contributed by atoms with van der Waals surface area (Å²) in [6.07, 6.45) is 0.696. The van der Waals surface area contributed by atoms with Crippen LogP contribution in [0.25, 0.3) is 0 Å². The molecule has 0 saturated carbocycles. The number of aryl methyl sites for hydroxylation is 2. The van der Waals surface area contributed by atoms with Crippen molar-refractivity contribution >= 4 is 35.0 Å². The van der Waals surface area contributed by atoms with Crippen LogP contribution in [0.4, 0.5) is 11.4 Å². The lowest BCUT2D eigenvalue weighted by Crippen LogP contribution is -2.25. The van der Waals surface area contributed by atoms with Gasteiger partial charge >= 0.3 is 0 Å².